The van der Waals surface area contributed by atoms with Crippen LogP contribution in [-0.2, 0) is 11.3 Å². The van der Waals surface area contributed by atoms with E-state index in [9.17, 15) is 4.79 Å². The number of nitrogens with two attached hydrogens (primary N) is 1. The third-order valence-electron chi connectivity index (χ3n) is 4.57. The molecule has 2 aliphatic rings. The van der Waals surface area contributed by atoms with Crippen LogP contribution in [0.3, 0.4) is 0 Å². The molecule has 3 nitrogen and oxygen atoms in total. The van der Waals surface area contributed by atoms with Gasteiger partial charge in [-0.2, -0.15) is 0 Å². The maximum absolute atomic E-state index is 12.7. The Balaban J connectivity index is 1.63. The monoisotopic (exact) mass is 292 g/mol. The van der Waals surface area contributed by atoms with Gasteiger partial charge >= 0.3 is 0 Å². The fraction of sp³-hybridized carbons (Fsp3) is 0.688. The van der Waals surface area contributed by atoms with E-state index in [4.69, 9.17) is 5.73 Å². The Morgan fingerprint density at radius 1 is 1.35 bits per heavy atom. The summed E-state index contributed by atoms with van der Waals surface area (Å²) < 4.78 is 0. The molecule has 2 N–H and O–H groups in total. The molecule has 2 aliphatic carbocycles. The topological polar surface area (TPSA) is 46.3 Å². The molecule has 2 saturated carbocycles. The van der Waals surface area contributed by atoms with E-state index < -0.39 is 0 Å². The number of hydrogen-bond acceptors (Lipinski definition) is 3. The lowest BCUT2D eigenvalue weighted by molar-refractivity contribution is -0.134. The third kappa shape index (κ3) is 3.41. The Labute approximate surface area is 125 Å². The molecule has 0 bridgehead atoms. The van der Waals surface area contributed by atoms with E-state index in [1.807, 2.05) is 0 Å². The van der Waals surface area contributed by atoms with Crippen LogP contribution < -0.4 is 5.73 Å². The molecule has 0 unspecified atom stereocenters. The Morgan fingerprint density at radius 2 is 2.10 bits per heavy atom. The van der Waals surface area contributed by atoms with E-state index in [0.717, 1.165) is 32.2 Å². The van der Waals surface area contributed by atoms with Gasteiger partial charge in [-0.1, -0.05) is 25.3 Å². The fourth-order valence-corrected chi connectivity index (χ4v) is 3.92. The molecule has 0 atom stereocenters. The number of carbonyl (C=O) groups excluding carboxylic acids is 1. The minimum atomic E-state index is -0.238. The zero-order chi connectivity index (χ0) is 14.0. The Bertz CT molecular complexity index is 447. The van der Waals surface area contributed by atoms with Gasteiger partial charge in [0, 0.05) is 22.9 Å². The maximum atomic E-state index is 12.7. The summed E-state index contributed by atoms with van der Waals surface area (Å²) in [5.41, 5.74) is 6.21. The summed E-state index contributed by atoms with van der Waals surface area (Å²) in [4.78, 5) is 16.0. The van der Waals surface area contributed by atoms with E-state index in [-0.39, 0.29) is 11.4 Å². The lowest BCUT2D eigenvalue weighted by Gasteiger charge is -2.35. The van der Waals surface area contributed by atoms with E-state index >= 15 is 0 Å². The predicted octanol–water partition coefficient (Wildman–Crippen LogP) is 3.29. The summed E-state index contributed by atoms with van der Waals surface area (Å²) in [6, 6.07) is 4.64. The molecule has 4 heteroatoms. The number of thiophene rings is 1. The average molecular weight is 292 g/mol. The number of amides is 1. The molecule has 110 valence electrons. The van der Waals surface area contributed by atoms with Crippen LogP contribution in [0.1, 0.15) is 56.2 Å². The van der Waals surface area contributed by atoms with Crippen LogP contribution in [0.25, 0.3) is 0 Å². The molecule has 0 radical (unpaired) electrons. The quantitative estimate of drug-likeness (QED) is 0.905. The van der Waals surface area contributed by atoms with Crippen LogP contribution in [0, 0.1) is 0 Å². The van der Waals surface area contributed by atoms with Crippen molar-refractivity contribution in [1.82, 2.24) is 4.90 Å². The minimum Gasteiger partial charge on any atom is -0.335 e. The molecule has 2 fully saturated rings. The van der Waals surface area contributed by atoms with Crippen molar-refractivity contribution in [3.05, 3.63) is 22.4 Å². The summed E-state index contributed by atoms with van der Waals surface area (Å²) in [6.45, 7) is 0.775. The standard InChI is InChI=1S/C16H24N2OS/c17-16(8-2-1-3-9-16)11-15(19)18(13-6-7-13)12-14-5-4-10-20-14/h4-5,10,13H,1-3,6-9,11-12,17H2. The van der Waals surface area contributed by atoms with Gasteiger partial charge in [-0.15, -0.1) is 11.3 Å². The third-order valence-corrected chi connectivity index (χ3v) is 5.43. The number of rotatable bonds is 5. The summed E-state index contributed by atoms with van der Waals surface area (Å²) >= 11 is 1.73. The van der Waals surface area contributed by atoms with Crippen LogP contribution in [0.2, 0.25) is 0 Å². The van der Waals surface area contributed by atoms with Crippen LogP contribution in [0.4, 0.5) is 0 Å². The van der Waals surface area contributed by atoms with Crippen LogP contribution in [-0.4, -0.2) is 22.4 Å². The van der Waals surface area contributed by atoms with E-state index in [1.165, 1.54) is 24.1 Å². The van der Waals surface area contributed by atoms with Crippen LogP contribution >= 0.6 is 11.3 Å². The Kier molecular flexibility index (Phi) is 4.13. The normalized spacial score (nSPS) is 21.6. The van der Waals surface area contributed by atoms with Gasteiger partial charge in [0.15, 0.2) is 0 Å². The predicted molar refractivity (Wildman–Crippen MR) is 82.5 cm³/mol. The highest BCUT2D eigenvalue weighted by Crippen LogP contribution is 2.33. The van der Waals surface area contributed by atoms with Crippen molar-refractivity contribution in [3.8, 4) is 0 Å². The average Bonchev–Trinajstić information content (AvgIpc) is 3.13. The van der Waals surface area contributed by atoms with Crippen LogP contribution in [0.15, 0.2) is 17.5 Å². The summed E-state index contributed by atoms with van der Waals surface area (Å²) in [5, 5.41) is 2.08. The molecule has 1 aromatic heterocycles. The summed E-state index contributed by atoms with van der Waals surface area (Å²) in [7, 11) is 0. The van der Waals surface area contributed by atoms with Gasteiger partial charge in [-0.05, 0) is 37.1 Å². The highest BCUT2D eigenvalue weighted by atomic mass is 32.1. The van der Waals surface area contributed by atoms with Crippen molar-refractivity contribution < 1.29 is 4.79 Å². The highest BCUT2D eigenvalue weighted by molar-refractivity contribution is 7.09. The zero-order valence-corrected chi connectivity index (χ0v) is 12.8. The van der Waals surface area contributed by atoms with Crippen molar-refractivity contribution in [3.63, 3.8) is 0 Å². The fourth-order valence-electron chi connectivity index (χ4n) is 3.21. The molecule has 0 saturated heterocycles. The first-order chi connectivity index (χ1) is 9.66. The molecule has 1 amide bonds. The number of hydrogen-bond donors (Lipinski definition) is 1. The first-order valence-electron chi connectivity index (χ1n) is 7.77. The smallest absolute Gasteiger partial charge is 0.224 e. The SMILES string of the molecule is NC1(CC(=O)N(Cc2cccs2)C2CC2)CCCCC1. The van der Waals surface area contributed by atoms with Gasteiger partial charge in [0.1, 0.15) is 0 Å². The zero-order valence-electron chi connectivity index (χ0n) is 12.0. The molecule has 0 aromatic carbocycles. The van der Waals surface area contributed by atoms with Gasteiger partial charge in [0.25, 0.3) is 0 Å². The molecule has 1 heterocycles. The number of nitrogens with zero attached hydrogens (tertiary/aromatic N) is 1. The van der Waals surface area contributed by atoms with E-state index in [1.54, 1.807) is 11.3 Å². The second-order valence-electron chi connectivity index (χ2n) is 6.43. The van der Waals surface area contributed by atoms with Crippen LogP contribution in [0.5, 0.6) is 0 Å². The van der Waals surface area contributed by atoms with Crippen molar-refractivity contribution in [2.75, 3.05) is 0 Å². The van der Waals surface area contributed by atoms with Gasteiger partial charge in [-0.3, -0.25) is 4.79 Å². The van der Waals surface area contributed by atoms with Crippen molar-refractivity contribution in [2.24, 2.45) is 5.73 Å². The Hall–Kier alpha value is -0.870. The first-order valence-corrected chi connectivity index (χ1v) is 8.65. The van der Waals surface area contributed by atoms with Gasteiger partial charge in [-0.25, -0.2) is 0 Å². The Morgan fingerprint density at radius 3 is 2.70 bits per heavy atom. The second-order valence-corrected chi connectivity index (χ2v) is 7.46. The van der Waals surface area contributed by atoms with Crippen molar-refractivity contribution in [1.29, 1.82) is 0 Å². The molecule has 1 aromatic rings. The highest BCUT2D eigenvalue weighted by Gasteiger charge is 2.37. The largest absolute Gasteiger partial charge is 0.335 e. The van der Waals surface area contributed by atoms with Gasteiger partial charge in [0.05, 0.1) is 6.54 Å². The summed E-state index contributed by atoms with van der Waals surface area (Å²) in [5.74, 6) is 0.269. The van der Waals surface area contributed by atoms with E-state index in [0.29, 0.717) is 12.5 Å². The maximum Gasteiger partial charge on any atom is 0.224 e. The lowest BCUT2D eigenvalue weighted by Crippen LogP contribution is -2.47. The van der Waals surface area contributed by atoms with Crippen molar-refractivity contribution in [2.45, 2.75) is 69.5 Å². The molecule has 3 rings (SSSR count). The summed E-state index contributed by atoms with van der Waals surface area (Å²) in [6.07, 6.45) is 8.51. The molecular weight excluding hydrogens is 268 g/mol. The van der Waals surface area contributed by atoms with Gasteiger partial charge < -0.3 is 10.6 Å². The second kappa shape index (κ2) is 5.86. The van der Waals surface area contributed by atoms with Gasteiger partial charge in [0.2, 0.25) is 5.91 Å². The lowest BCUT2D eigenvalue weighted by atomic mass is 9.80. The molecule has 20 heavy (non-hydrogen) atoms. The first kappa shape index (κ1) is 14.1. The minimum absolute atomic E-state index is 0.238. The molecule has 0 aliphatic heterocycles. The number of carbonyl (C=O) groups is 1. The molecular formula is C16H24N2OS. The van der Waals surface area contributed by atoms with Crippen molar-refractivity contribution >= 4 is 17.2 Å². The molecule has 0 spiro atoms. The van der Waals surface area contributed by atoms with E-state index in [2.05, 4.69) is 22.4 Å².